The van der Waals surface area contributed by atoms with Gasteiger partial charge in [0.2, 0.25) is 18.6 Å². The molecule has 196 valence electrons. The second-order valence-electron chi connectivity index (χ2n) is 11.4. The summed E-state index contributed by atoms with van der Waals surface area (Å²) in [7, 11) is 0. The summed E-state index contributed by atoms with van der Waals surface area (Å²) in [5, 5.41) is 0. The highest BCUT2D eigenvalue weighted by molar-refractivity contribution is 5.99. The first-order valence-electron chi connectivity index (χ1n) is 13.8. The van der Waals surface area contributed by atoms with Gasteiger partial charge in [0, 0.05) is 25.9 Å². The largest absolute Gasteiger partial charge is 0.454 e. The number of ether oxygens (including phenoxy) is 2. The summed E-state index contributed by atoms with van der Waals surface area (Å²) in [6, 6.07) is 12.7. The predicted molar refractivity (Wildman–Crippen MR) is 139 cm³/mol. The van der Waals surface area contributed by atoms with Crippen LogP contribution in [0.1, 0.15) is 61.6 Å². The number of nitrogens with zero attached hydrogens (tertiary/aromatic N) is 2. The molecule has 5 aliphatic rings. The van der Waals surface area contributed by atoms with E-state index in [-0.39, 0.29) is 36.9 Å². The standard InChI is InChI=1S/C31H32N2O5/c34-23-12-13-31-24-16-26-25(37-19-38-26)14-22(24)18-33(28(35)11-10-20-6-4-5-7-20)29(31)30(36)32(27(31)15-23)17-21-8-2-1-3-9-21/h1-3,8-9,12-14,16,20,27,29H,4-7,10-11,15,17-19H2/t27-,29+,31-/m0/s1. The number of ketones is 1. The van der Waals surface area contributed by atoms with Gasteiger partial charge in [0.25, 0.3) is 0 Å². The van der Waals surface area contributed by atoms with Gasteiger partial charge in [0.15, 0.2) is 17.3 Å². The smallest absolute Gasteiger partial charge is 0.247 e. The first kappa shape index (κ1) is 23.5. The molecule has 3 atom stereocenters. The molecule has 0 aromatic heterocycles. The minimum absolute atomic E-state index is 0.000821. The summed E-state index contributed by atoms with van der Waals surface area (Å²) in [6.45, 7) is 0.893. The topological polar surface area (TPSA) is 76.2 Å². The van der Waals surface area contributed by atoms with Gasteiger partial charge in [-0.2, -0.15) is 0 Å². The number of likely N-dealkylation sites (tertiary alicyclic amines) is 1. The number of carbonyl (C=O) groups excluding carboxylic acids is 3. The average Bonchev–Trinajstić information content (AvgIpc) is 3.67. The van der Waals surface area contributed by atoms with Crippen LogP contribution in [-0.2, 0) is 32.9 Å². The van der Waals surface area contributed by atoms with Crippen LogP contribution in [0.3, 0.4) is 0 Å². The normalized spacial score (nSPS) is 27.5. The molecular weight excluding hydrogens is 480 g/mol. The Labute approximate surface area is 222 Å². The molecule has 3 aliphatic heterocycles. The fourth-order valence-electron chi connectivity index (χ4n) is 7.50. The van der Waals surface area contributed by atoms with E-state index in [1.54, 1.807) is 11.0 Å². The van der Waals surface area contributed by atoms with Crippen molar-refractivity contribution in [2.75, 3.05) is 6.79 Å². The van der Waals surface area contributed by atoms with Gasteiger partial charge in [0.1, 0.15) is 6.04 Å². The zero-order valence-electron chi connectivity index (χ0n) is 21.4. The molecule has 2 amide bonds. The Morgan fingerprint density at radius 2 is 1.79 bits per heavy atom. The molecule has 7 rings (SSSR count). The molecule has 0 unspecified atom stereocenters. The van der Waals surface area contributed by atoms with Gasteiger partial charge in [-0.25, -0.2) is 0 Å². The first-order valence-corrected chi connectivity index (χ1v) is 13.8. The van der Waals surface area contributed by atoms with Gasteiger partial charge in [-0.15, -0.1) is 0 Å². The highest BCUT2D eigenvalue weighted by atomic mass is 16.7. The lowest BCUT2D eigenvalue weighted by Gasteiger charge is -2.47. The Bertz CT molecular complexity index is 1330. The van der Waals surface area contributed by atoms with E-state index < -0.39 is 11.5 Å². The molecule has 38 heavy (non-hydrogen) atoms. The number of amides is 2. The number of hydrogen-bond acceptors (Lipinski definition) is 5. The van der Waals surface area contributed by atoms with Crippen molar-refractivity contribution in [2.24, 2.45) is 5.92 Å². The van der Waals surface area contributed by atoms with Crippen LogP contribution in [0.4, 0.5) is 0 Å². The van der Waals surface area contributed by atoms with Gasteiger partial charge in [-0.05, 0) is 47.2 Å². The third-order valence-electron chi connectivity index (χ3n) is 9.31. The molecule has 3 heterocycles. The Morgan fingerprint density at radius 3 is 2.58 bits per heavy atom. The Kier molecular flexibility index (Phi) is 5.57. The van der Waals surface area contributed by atoms with Crippen molar-refractivity contribution in [1.29, 1.82) is 0 Å². The molecule has 2 aliphatic carbocycles. The van der Waals surface area contributed by atoms with Gasteiger partial charge in [-0.1, -0.05) is 62.1 Å². The minimum atomic E-state index is -0.822. The van der Waals surface area contributed by atoms with Crippen molar-refractivity contribution in [2.45, 2.75) is 75.5 Å². The van der Waals surface area contributed by atoms with Gasteiger partial charge < -0.3 is 19.3 Å². The molecule has 1 saturated carbocycles. The van der Waals surface area contributed by atoms with Crippen LogP contribution in [0.5, 0.6) is 11.5 Å². The number of rotatable bonds is 5. The molecular formula is C31H32N2O5. The van der Waals surface area contributed by atoms with Crippen molar-refractivity contribution >= 4 is 17.6 Å². The van der Waals surface area contributed by atoms with Gasteiger partial charge in [-0.3, -0.25) is 14.4 Å². The van der Waals surface area contributed by atoms with E-state index in [0.29, 0.717) is 36.9 Å². The van der Waals surface area contributed by atoms with Crippen molar-refractivity contribution in [3.05, 3.63) is 71.3 Å². The van der Waals surface area contributed by atoms with Gasteiger partial charge in [0.05, 0.1) is 11.5 Å². The summed E-state index contributed by atoms with van der Waals surface area (Å²) < 4.78 is 11.4. The number of allylic oxidation sites excluding steroid dienone is 1. The molecule has 0 bridgehead atoms. The molecule has 7 nitrogen and oxygen atoms in total. The SMILES string of the molecule is O=C1C=C[C@@]23c4cc5c(cc4CN(C(=O)CCC4CCCC4)[C@@H]2C(=O)N(Cc2ccccc2)[C@H]3C1)OCO5. The number of carbonyl (C=O) groups is 3. The summed E-state index contributed by atoms with van der Waals surface area (Å²) in [6.07, 6.45) is 9.90. The first-order chi connectivity index (χ1) is 18.5. The molecule has 2 aromatic carbocycles. The number of hydrogen-bond donors (Lipinski definition) is 0. The number of benzene rings is 2. The fourth-order valence-corrected chi connectivity index (χ4v) is 7.50. The highest BCUT2D eigenvalue weighted by Gasteiger charge is 2.65. The molecule has 0 N–H and O–H groups in total. The molecule has 7 heteroatoms. The lowest BCUT2D eigenvalue weighted by molar-refractivity contribution is -0.144. The van der Waals surface area contributed by atoms with Crippen molar-refractivity contribution in [3.63, 3.8) is 0 Å². The van der Waals surface area contributed by atoms with Crippen molar-refractivity contribution in [1.82, 2.24) is 9.80 Å². The molecule has 2 fully saturated rings. The van der Waals surface area contributed by atoms with Crippen LogP contribution in [-0.4, -0.2) is 46.3 Å². The maximum absolute atomic E-state index is 14.4. The molecule has 2 aromatic rings. The highest BCUT2D eigenvalue weighted by Crippen LogP contribution is 2.54. The zero-order valence-corrected chi connectivity index (χ0v) is 21.4. The molecule has 1 saturated heterocycles. The summed E-state index contributed by atoms with van der Waals surface area (Å²) >= 11 is 0. The maximum Gasteiger partial charge on any atom is 0.247 e. The maximum atomic E-state index is 14.4. The molecule has 0 radical (unpaired) electrons. The van der Waals surface area contributed by atoms with Crippen LogP contribution >= 0.6 is 0 Å². The summed E-state index contributed by atoms with van der Waals surface area (Å²) in [5.74, 6) is 1.83. The van der Waals surface area contributed by atoms with E-state index >= 15 is 0 Å². The van der Waals surface area contributed by atoms with E-state index in [4.69, 9.17) is 9.47 Å². The van der Waals surface area contributed by atoms with Crippen molar-refractivity contribution in [3.8, 4) is 11.5 Å². The third-order valence-corrected chi connectivity index (χ3v) is 9.31. The van der Waals surface area contributed by atoms with Crippen LogP contribution in [0, 0.1) is 5.92 Å². The quantitative estimate of drug-likeness (QED) is 0.598. The summed E-state index contributed by atoms with van der Waals surface area (Å²) in [5.41, 5.74) is 2.10. The van der Waals surface area contributed by atoms with Crippen LogP contribution in [0.15, 0.2) is 54.6 Å². The van der Waals surface area contributed by atoms with E-state index in [9.17, 15) is 14.4 Å². The third kappa shape index (κ3) is 3.58. The van der Waals surface area contributed by atoms with Crippen LogP contribution in [0.25, 0.3) is 0 Å². The van der Waals surface area contributed by atoms with Crippen LogP contribution in [0.2, 0.25) is 0 Å². The van der Waals surface area contributed by atoms with Gasteiger partial charge >= 0.3 is 0 Å². The number of fused-ring (bicyclic) bond motifs is 2. The minimum Gasteiger partial charge on any atom is -0.454 e. The Balaban J connectivity index is 1.34. The molecule has 1 spiro atoms. The second-order valence-corrected chi connectivity index (χ2v) is 11.4. The summed E-state index contributed by atoms with van der Waals surface area (Å²) in [4.78, 5) is 44.7. The second kappa shape index (κ2) is 9.00. The van der Waals surface area contributed by atoms with E-state index in [0.717, 1.165) is 23.1 Å². The monoisotopic (exact) mass is 512 g/mol. The Hall–Kier alpha value is -3.61. The fraction of sp³-hybridized carbons (Fsp3) is 0.452. The Morgan fingerprint density at radius 1 is 1.03 bits per heavy atom. The van der Waals surface area contributed by atoms with E-state index in [1.807, 2.05) is 53.4 Å². The van der Waals surface area contributed by atoms with Crippen LogP contribution < -0.4 is 9.47 Å². The van der Waals surface area contributed by atoms with E-state index in [2.05, 4.69) is 0 Å². The van der Waals surface area contributed by atoms with Crippen molar-refractivity contribution < 1.29 is 23.9 Å². The lowest BCUT2D eigenvalue weighted by atomic mass is 9.63. The average molecular weight is 513 g/mol. The van der Waals surface area contributed by atoms with E-state index in [1.165, 1.54) is 25.7 Å². The zero-order chi connectivity index (χ0) is 25.9. The lowest BCUT2D eigenvalue weighted by Crippen LogP contribution is -2.59. The predicted octanol–water partition coefficient (Wildman–Crippen LogP) is 4.27.